The number of hydrogen-bond acceptors (Lipinski definition) is 14. The minimum Gasteiger partial charge on any atom is -0.508 e. The van der Waals surface area contributed by atoms with Crippen LogP contribution in [0.3, 0.4) is 0 Å². The average Bonchev–Trinajstić information content (AvgIpc) is 3.53. The second-order valence-corrected chi connectivity index (χ2v) is 9.91. The average molecular weight is 555 g/mol. The van der Waals surface area contributed by atoms with Crippen molar-refractivity contribution >= 4 is 17.9 Å². The molecule has 4 saturated heterocycles. The van der Waals surface area contributed by atoms with E-state index in [-0.39, 0.29) is 19.0 Å². The molecule has 1 aromatic carbocycles. The van der Waals surface area contributed by atoms with E-state index in [0.717, 1.165) is 13.8 Å². The Kier molecular flexibility index (Phi) is 7.30. The van der Waals surface area contributed by atoms with E-state index in [1.807, 2.05) is 0 Å². The zero-order valence-corrected chi connectivity index (χ0v) is 21.1. The number of carbonyl (C=O) groups is 3. The lowest BCUT2D eigenvalue weighted by Crippen LogP contribution is -2.67. The summed E-state index contributed by atoms with van der Waals surface area (Å²) in [6, 6.07) is 6.08. The molecule has 4 N–H and O–H groups in total. The van der Waals surface area contributed by atoms with Crippen LogP contribution in [-0.4, -0.2) is 112 Å². The van der Waals surface area contributed by atoms with Gasteiger partial charge >= 0.3 is 17.9 Å². The first-order valence-corrected chi connectivity index (χ1v) is 12.5. The number of hydrogen-bond donors (Lipinski definition) is 4. The highest BCUT2D eigenvalue weighted by Gasteiger charge is 2.80. The molecule has 4 fully saturated rings. The summed E-state index contributed by atoms with van der Waals surface area (Å²) >= 11 is 0. The van der Waals surface area contributed by atoms with Crippen molar-refractivity contribution in [2.24, 2.45) is 0 Å². The molecule has 4 aliphatic heterocycles. The zero-order chi connectivity index (χ0) is 28.1. The van der Waals surface area contributed by atoms with Gasteiger partial charge in [-0.05, 0) is 24.1 Å². The molecule has 0 radical (unpaired) electrons. The fourth-order valence-corrected chi connectivity index (χ4v) is 5.78. The van der Waals surface area contributed by atoms with E-state index in [1.54, 1.807) is 12.1 Å². The molecule has 214 valence electrons. The SMILES string of the molecule is CC(=O)OC[C@H]1O[C@@H](O[C@]23OC[C@H](O)[C@H]2OC(=O)[C@@]32OCC[C@@H]2c2ccc(O)cc2)[C@H](O)[C@H](O)[C@@H]1OC(C)=O. The van der Waals surface area contributed by atoms with Crippen LogP contribution in [0.2, 0.25) is 0 Å². The molecule has 4 aliphatic rings. The van der Waals surface area contributed by atoms with Gasteiger partial charge in [-0.1, -0.05) is 12.1 Å². The molecular formula is C25H30O14. The molecule has 0 saturated carbocycles. The van der Waals surface area contributed by atoms with Crippen molar-refractivity contribution in [3.05, 3.63) is 29.8 Å². The molecule has 0 aliphatic carbocycles. The molecule has 14 heteroatoms. The molecule has 4 heterocycles. The zero-order valence-electron chi connectivity index (χ0n) is 21.1. The Morgan fingerprint density at radius 1 is 1.05 bits per heavy atom. The van der Waals surface area contributed by atoms with Gasteiger partial charge < -0.3 is 53.6 Å². The maximum Gasteiger partial charge on any atom is 0.345 e. The molecule has 5 rings (SSSR count). The van der Waals surface area contributed by atoms with Crippen LogP contribution in [0.25, 0.3) is 0 Å². The lowest BCUT2D eigenvalue weighted by Gasteiger charge is -2.46. The predicted octanol–water partition coefficient (Wildman–Crippen LogP) is -1.39. The van der Waals surface area contributed by atoms with Crippen LogP contribution in [-0.2, 0) is 47.5 Å². The number of esters is 3. The smallest absolute Gasteiger partial charge is 0.345 e. The number of benzene rings is 1. The third kappa shape index (κ3) is 4.45. The van der Waals surface area contributed by atoms with E-state index >= 15 is 0 Å². The van der Waals surface area contributed by atoms with Crippen molar-refractivity contribution in [2.75, 3.05) is 19.8 Å². The number of phenols is 1. The quantitative estimate of drug-likeness (QED) is 0.237. The summed E-state index contributed by atoms with van der Waals surface area (Å²) in [5.74, 6) is -5.20. The van der Waals surface area contributed by atoms with E-state index in [4.69, 9.17) is 33.2 Å². The number of aliphatic hydroxyl groups is 3. The Morgan fingerprint density at radius 2 is 1.77 bits per heavy atom. The highest BCUT2D eigenvalue weighted by molar-refractivity contribution is 5.86. The van der Waals surface area contributed by atoms with Crippen LogP contribution in [0, 0.1) is 0 Å². The predicted molar refractivity (Wildman–Crippen MR) is 123 cm³/mol. The minimum atomic E-state index is -2.14. The monoisotopic (exact) mass is 554 g/mol. The van der Waals surface area contributed by atoms with Crippen molar-refractivity contribution < 1.29 is 68.0 Å². The molecule has 1 aromatic rings. The first-order valence-electron chi connectivity index (χ1n) is 12.5. The minimum absolute atomic E-state index is 0.00552. The van der Waals surface area contributed by atoms with Gasteiger partial charge in [0, 0.05) is 26.4 Å². The van der Waals surface area contributed by atoms with Crippen LogP contribution < -0.4 is 0 Å². The first-order chi connectivity index (χ1) is 18.5. The topological polar surface area (TPSA) is 197 Å². The molecule has 39 heavy (non-hydrogen) atoms. The normalized spacial score (nSPS) is 41.3. The number of phenolic OH excluding ortho intramolecular Hbond substituents is 1. The van der Waals surface area contributed by atoms with E-state index in [9.17, 15) is 34.8 Å². The second-order valence-electron chi connectivity index (χ2n) is 9.91. The Morgan fingerprint density at radius 3 is 2.44 bits per heavy atom. The summed E-state index contributed by atoms with van der Waals surface area (Å²) in [6.45, 7) is 1.53. The number of ether oxygens (including phenoxy) is 7. The summed E-state index contributed by atoms with van der Waals surface area (Å²) in [5.41, 5.74) is -1.37. The third-order valence-electron chi connectivity index (χ3n) is 7.45. The fourth-order valence-electron chi connectivity index (χ4n) is 5.78. The van der Waals surface area contributed by atoms with E-state index < -0.39 is 84.7 Å². The van der Waals surface area contributed by atoms with Gasteiger partial charge in [0.25, 0.3) is 5.79 Å². The number of aromatic hydroxyl groups is 1. The lowest BCUT2D eigenvalue weighted by atomic mass is 9.76. The third-order valence-corrected chi connectivity index (χ3v) is 7.45. The van der Waals surface area contributed by atoms with Gasteiger partial charge in [-0.3, -0.25) is 9.59 Å². The second kappa shape index (κ2) is 10.3. The Hall–Kier alpha value is -2.85. The molecule has 0 aromatic heterocycles. The summed E-state index contributed by atoms with van der Waals surface area (Å²) in [4.78, 5) is 36.6. The van der Waals surface area contributed by atoms with Gasteiger partial charge in [0.15, 0.2) is 18.5 Å². The maximum absolute atomic E-state index is 13.5. The highest BCUT2D eigenvalue weighted by Crippen LogP contribution is 2.58. The maximum atomic E-state index is 13.5. The van der Waals surface area contributed by atoms with Gasteiger partial charge in [0.1, 0.15) is 36.8 Å². The Labute approximate surface area is 222 Å². The number of carbonyl (C=O) groups excluding carboxylic acids is 3. The molecule has 0 amide bonds. The summed E-state index contributed by atoms with van der Waals surface area (Å²) in [7, 11) is 0. The van der Waals surface area contributed by atoms with E-state index in [0.29, 0.717) is 12.0 Å². The summed E-state index contributed by atoms with van der Waals surface area (Å²) in [6.07, 6.45) is -10.5. The van der Waals surface area contributed by atoms with Gasteiger partial charge in [0.05, 0.1) is 6.61 Å². The number of fused-ring (bicyclic) bond motifs is 2. The van der Waals surface area contributed by atoms with Crippen molar-refractivity contribution in [3.8, 4) is 5.75 Å². The van der Waals surface area contributed by atoms with Crippen LogP contribution in [0.15, 0.2) is 24.3 Å². The summed E-state index contributed by atoms with van der Waals surface area (Å²) in [5, 5.41) is 42.2. The molecular weight excluding hydrogens is 524 g/mol. The van der Waals surface area contributed by atoms with Crippen LogP contribution >= 0.6 is 0 Å². The largest absolute Gasteiger partial charge is 0.508 e. The van der Waals surface area contributed by atoms with Crippen molar-refractivity contribution in [2.45, 2.75) is 80.5 Å². The van der Waals surface area contributed by atoms with E-state index in [1.165, 1.54) is 12.1 Å². The number of aliphatic hydroxyl groups excluding tert-OH is 3. The van der Waals surface area contributed by atoms with Crippen LogP contribution in [0.5, 0.6) is 5.75 Å². The molecule has 1 spiro atoms. The van der Waals surface area contributed by atoms with Crippen molar-refractivity contribution in [1.82, 2.24) is 0 Å². The first kappa shape index (κ1) is 27.7. The van der Waals surface area contributed by atoms with Crippen molar-refractivity contribution in [1.29, 1.82) is 0 Å². The van der Waals surface area contributed by atoms with Gasteiger partial charge in [-0.15, -0.1) is 0 Å². The van der Waals surface area contributed by atoms with Gasteiger partial charge in [-0.25, -0.2) is 4.79 Å². The standard InChI is InChI=1S/C25H30O14/c1-11(26)33-10-17-20(36-12(2)27)18(30)19(31)22(37-17)39-25-21(16(29)9-35-25)38-23(32)24(25)15(7-8-34-24)13-3-5-14(28)6-4-13/h3-6,15-22,28-31H,7-10H2,1-2H3/t15-,16+,17-,18+,19-,20-,21-,22+,24-,25-/m1/s1. The lowest BCUT2D eigenvalue weighted by molar-refractivity contribution is -0.391. The highest BCUT2D eigenvalue weighted by atomic mass is 16.8. The molecule has 10 atom stereocenters. The van der Waals surface area contributed by atoms with Gasteiger partial charge in [0.2, 0.25) is 5.60 Å². The van der Waals surface area contributed by atoms with Crippen LogP contribution in [0.4, 0.5) is 0 Å². The Balaban J connectivity index is 1.52. The number of rotatable bonds is 6. The van der Waals surface area contributed by atoms with Gasteiger partial charge in [-0.2, -0.15) is 0 Å². The Bertz CT molecular complexity index is 1110. The van der Waals surface area contributed by atoms with Crippen LogP contribution in [0.1, 0.15) is 31.7 Å². The molecule has 14 nitrogen and oxygen atoms in total. The van der Waals surface area contributed by atoms with Crippen molar-refractivity contribution in [3.63, 3.8) is 0 Å². The summed E-state index contributed by atoms with van der Waals surface area (Å²) < 4.78 is 39.6. The van der Waals surface area contributed by atoms with E-state index in [2.05, 4.69) is 0 Å². The molecule has 0 bridgehead atoms. The fraction of sp³-hybridized carbons (Fsp3) is 0.640. The molecule has 0 unspecified atom stereocenters.